The van der Waals surface area contributed by atoms with Crippen LogP contribution in [0.2, 0.25) is 0 Å². The number of hydrogen-bond acceptors (Lipinski definition) is 6. The maximum absolute atomic E-state index is 12.6. The Labute approximate surface area is 137 Å². The maximum Gasteiger partial charge on any atom is 0.267 e. The first-order valence-corrected chi connectivity index (χ1v) is 7.67. The molecule has 0 saturated carbocycles. The number of aromatic nitrogens is 3. The Bertz CT molecular complexity index is 951. The van der Waals surface area contributed by atoms with Crippen LogP contribution in [0.15, 0.2) is 25.9 Å². The molecule has 0 saturated heterocycles. The monoisotopic (exact) mass is 330 g/mol. The first kappa shape index (κ1) is 16.0. The van der Waals surface area contributed by atoms with E-state index in [0.29, 0.717) is 29.1 Å². The molecule has 1 N–H and O–H groups in total. The van der Waals surface area contributed by atoms with E-state index in [9.17, 15) is 9.59 Å². The highest BCUT2D eigenvalue weighted by Crippen LogP contribution is 2.13. The predicted octanol–water partition coefficient (Wildman–Crippen LogP) is 1.47. The lowest BCUT2D eigenvalue weighted by Crippen LogP contribution is -2.33. The molecule has 0 aliphatic rings. The average Bonchev–Trinajstić information content (AvgIpc) is 3.15. The van der Waals surface area contributed by atoms with Crippen LogP contribution < -0.4 is 10.9 Å². The molecule has 0 bridgehead atoms. The van der Waals surface area contributed by atoms with Gasteiger partial charge in [0.15, 0.2) is 0 Å². The Morgan fingerprint density at radius 2 is 2.12 bits per heavy atom. The van der Waals surface area contributed by atoms with Crippen LogP contribution in [0.3, 0.4) is 0 Å². The number of carbonyl (C=O) groups is 1. The number of fused-ring (bicyclic) bond motifs is 1. The van der Waals surface area contributed by atoms with E-state index in [1.54, 1.807) is 13.0 Å². The highest BCUT2D eigenvalue weighted by atomic mass is 16.5. The van der Waals surface area contributed by atoms with Gasteiger partial charge in [-0.05, 0) is 32.4 Å². The summed E-state index contributed by atoms with van der Waals surface area (Å²) in [5, 5.41) is 6.91. The third-order valence-corrected chi connectivity index (χ3v) is 3.75. The molecule has 0 atom stereocenters. The van der Waals surface area contributed by atoms with Crippen molar-refractivity contribution < 1.29 is 13.7 Å². The van der Waals surface area contributed by atoms with Crippen molar-refractivity contribution in [3.05, 3.63) is 45.5 Å². The molecule has 0 radical (unpaired) electrons. The van der Waals surface area contributed by atoms with Gasteiger partial charge in [-0.1, -0.05) is 12.1 Å². The number of rotatable bonds is 5. The van der Waals surface area contributed by atoms with Crippen LogP contribution in [0.5, 0.6) is 0 Å². The van der Waals surface area contributed by atoms with Gasteiger partial charge in [0.05, 0.1) is 12.2 Å². The van der Waals surface area contributed by atoms with Gasteiger partial charge in [-0.25, -0.2) is 0 Å². The molecule has 3 rings (SSSR count). The fourth-order valence-electron chi connectivity index (χ4n) is 2.49. The van der Waals surface area contributed by atoms with E-state index < -0.39 is 0 Å². The second-order valence-corrected chi connectivity index (χ2v) is 5.50. The SMILES string of the molecule is CCc1noc2nc(C)n(CC(=O)NCc3ccc(C)o3)c(=O)c12. The summed E-state index contributed by atoms with van der Waals surface area (Å²) in [6.07, 6.45) is 0.553. The molecule has 3 heterocycles. The van der Waals surface area contributed by atoms with E-state index in [-0.39, 0.29) is 30.3 Å². The average molecular weight is 330 g/mol. The second kappa shape index (κ2) is 6.31. The molecule has 3 aromatic rings. The van der Waals surface area contributed by atoms with Gasteiger partial charge >= 0.3 is 0 Å². The van der Waals surface area contributed by atoms with Crippen LogP contribution in [0.4, 0.5) is 0 Å². The van der Waals surface area contributed by atoms with E-state index in [1.165, 1.54) is 4.57 Å². The summed E-state index contributed by atoms with van der Waals surface area (Å²) in [6.45, 7) is 5.50. The minimum atomic E-state index is -0.320. The number of furan rings is 1. The molecule has 126 valence electrons. The van der Waals surface area contributed by atoms with Gasteiger partial charge in [0.2, 0.25) is 5.91 Å². The van der Waals surface area contributed by atoms with Gasteiger partial charge in [-0.3, -0.25) is 14.2 Å². The van der Waals surface area contributed by atoms with Crippen LogP contribution >= 0.6 is 0 Å². The molecule has 0 aliphatic heterocycles. The Hall–Kier alpha value is -2.90. The zero-order chi connectivity index (χ0) is 17.3. The molecule has 0 aliphatic carbocycles. The van der Waals surface area contributed by atoms with Crippen LogP contribution in [-0.4, -0.2) is 20.6 Å². The van der Waals surface area contributed by atoms with Gasteiger partial charge in [0, 0.05) is 0 Å². The highest BCUT2D eigenvalue weighted by Gasteiger charge is 2.17. The topological polar surface area (TPSA) is 103 Å². The molecule has 0 aromatic carbocycles. The zero-order valence-corrected chi connectivity index (χ0v) is 13.8. The smallest absolute Gasteiger partial charge is 0.267 e. The van der Waals surface area contributed by atoms with Crippen molar-refractivity contribution in [2.24, 2.45) is 0 Å². The predicted molar refractivity (Wildman–Crippen MR) is 85.5 cm³/mol. The number of nitrogens with zero attached hydrogens (tertiary/aromatic N) is 3. The Morgan fingerprint density at radius 3 is 2.79 bits per heavy atom. The van der Waals surface area contributed by atoms with Crippen molar-refractivity contribution in [2.75, 3.05) is 0 Å². The van der Waals surface area contributed by atoms with Crippen molar-refractivity contribution in [2.45, 2.75) is 40.3 Å². The third kappa shape index (κ3) is 2.94. The number of amides is 1. The summed E-state index contributed by atoms with van der Waals surface area (Å²) >= 11 is 0. The molecule has 8 heteroatoms. The van der Waals surface area contributed by atoms with E-state index >= 15 is 0 Å². The van der Waals surface area contributed by atoms with Crippen molar-refractivity contribution in [3.63, 3.8) is 0 Å². The molecule has 8 nitrogen and oxygen atoms in total. The molecule has 1 amide bonds. The Balaban J connectivity index is 1.81. The summed E-state index contributed by atoms with van der Waals surface area (Å²) < 4.78 is 11.8. The lowest BCUT2D eigenvalue weighted by atomic mass is 10.2. The van der Waals surface area contributed by atoms with Gasteiger partial charge in [0.1, 0.15) is 29.3 Å². The zero-order valence-electron chi connectivity index (χ0n) is 13.8. The molecular weight excluding hydrogens is 312 g/mol. The van der Waals surface area contributed by atoms with Crippen molar-refractivity contribution in [3.8, 4) is 0 Å². The fourth-order valence-corrected chi connectivity index (χ4v) is 2.49. The minimum absolute atomic E-state index is 0.123. The Morgan fingerprint density at radius 1 is 1.33 bits per heavy atom. The molecule has 3 aromatic heterocycles. The lowest BCUT2D eigenvalue weighted by Gasteiger charge is -2.09. The first-order chi connectivity index (χ1) is 11.5. The van der Waals surface area contributed by atoms with Crippen LogP contribution in [0.25, 0.3) is 11.1 Å². The summed E-state index contributed by atoms with van der Waals surface area (Å²) in [5.41, 5.74) is 0.430. The standard InChI is InChI=1S/C16H18N4O4/c1-4-12-14-15(24-19-12)18-10(3)20(16(14)22)8-13(21)17-7-11-6-5-9(2)23-11/h5-6H,4,7-8H2,1-3H3,(H,17,21). The van der Waals surface area contributed by atoms with E-state index in [0.717, 1.165) is 5.76 Å². The molecule has 0 spiro atoms. The Kier molecular flexibility index (Phi) is 4.20. The van der Waals surface area contributed by atoms with Crippen molar-refractivity contribution in [1.29, 1.82) is 0 Å². The first-order valence-electron chi connectivity index (χ1n) is 7.67. The number of hydrogen-bond donors (Lipinski definition) is 1. The summed E-state index contributed by atoms with van der Waals surface area (Å²) in [5.74, 6) is 1.53. The highest BCUT2D eigenvalue weighted by molar-refractivity contribution is 5.77. The fraction of sp³-hybridized carbons (Fsp3) is 0.375. The number of nitrogens with one attached hydrogen (secondary N) is 1. The van der Waals surface area contributed by atoms with E-state index in [1.807, 2.05) is 19.9 Å². The minimum Gasteiger partial charge on any atom is -0.465 e. The lowest BCUT2D eigenvalue weighted by molar-refractivity contribution is -0.122. The summed E-state index contributed by atoms with van der Waals surface area (Å²) in [7, 11) is 0. The van der Waals surface area contributed by atoms with Crippen molar-refractivity contribution >= 4 is 17.0 Å². The van der Waals surface area contributed by atoms with Crippen LogP contribution in [-0.2, 0) is 24.3 Å². The molecule has 24 heavy (non-hydrogen) atoms. The molecule has 0 unspecified atom stereocenters. The summed E-state index contributed by atoms with van der Waals surface area (Å²) in [6, 6.07) is 3.62. The van der Waals surface area contributed by atoms with Crippen LogP contribution in [0, 0.1) is 13.8 Å². The quantitative estimate of drug-likeness (QED) is 0.760. The van der Waals surface area contributed by atoms with Crippen LogP contribution in [0.1, 0.15) is 30.0 Å². The van der Waals surface area contributed by atoms with Gasteiger partial charge in [-0.2, -0.15) is 4.98 Å². The van der Waals surface area contributed by atoms with Gasteiger partial charge in [0.25, 0.3) is 11.3 Å². The molecule has 0 fully saturated rings. The molecular formula is C16H18N4O4. The largest absolute Gasteiger partial charge is 0.465 e. The third-order valence-electron chi connectivity index (χ3n) is 3.75. The summed E-state index contributed by atoms with van der Waals surface area (Å²) in [4.78, 5) is 29.0. The normalized spacial score (nSPS) is 11.1. The second-order valence-electron chi connectivity index (χ2n) is 5.50. The van der Waals surface area contributed by atoms with Gasteiger partial charge in [-0.15, -0.1) is 0 Å². The van der Waals surface area contributed by atoms with Crippen molar-refractivity contribution in [1.82, 2.24) is 20.0 Å². The number of carbonyl (C=O) groups excluding carboxylic acids is 1. The van der Waals surface area contributed by atoms with E-state index in [2.05, 4.69) is 15.5 Å². The van der Waals surface area contributed by atoms with E-state index in [4.69, 9.17) is 8.94 Å². The number of aryl methyl sites for hydroxylation is 3. The maximum atomic E-state index is 12.6. The van der Waals surface area contributed by atoms with Gasteiger partial charge < -0.3 is 14.3 Å².